The van der Waals surface area contributed by atoms with Crippen molar-refractivity contribution in [3.8, 4) is 0 Å². The molecule has 4 heteroatoms. The third-order valence-corrected chi connectivity index (χ3v) is 3.68. The number of hydrogen-bond acceptors (Lipinski definition) is 3. The van der Waals surface area contributed by atoms with Crippen molar-refractivity contribution in [2.45, 2.75) is 58.0 Å². The monoisotopic (exact) mass is 228 g/mol. The number of aliphatic hydroxyl groups excluding tert-OH is 1. The van der Waals surface area contributed by atoms with Crippen LogP contribution >= 0.6 is 0 Å². The molecular formula is C12H24N2O2. The summed E-state index contributed by atoms with van der Waals surface area (Å²) in [5.74, 6) is 5.59. The first-order valence-corrected chi connectivity index (χ1v) is 6.36. The van der Waals surface area contributed by atoms with E-state index in [-0.39, 0.29) is 12.0 Å². The van der Waals surface area contributed by atoms with Crippen LogP contribution in [0.25, 0.3) is 0 Å². The van der Waals surface area contributed by atoms with Crippen LogP contribution in [0.4, 0.5) is 0 Å². The third-order valence-electron chi connectivity index (χ3n) is 3.68. The van der Waals surface area contributed by atoms with Crippen LogP contribution in [0.15, 0.2) is 0 Å². The zero-order chi connectivity index (χ0) is 12.0. The Morgan fingerprint density at radius 1 is 1.44 bits per heavy atom. The highest BCUT2D eigenvalue weighted by molar-refractivity contribution is 5.75. The Morgan fingerprint density at radius 2 is 2.19 bits per heavy atom. The fraction of sp³-hybridized carbons (Fsp3) is 0.917. The molecule has 3 atom stereocenters. The summed E-state index contributed by atoms with van der Waals surface area (Å²) in [6.45, 7) is 2.17. The first-order chi connectivity index (χ1) is 7.69. The standard InChI is InChI=1S/C12H24N2O2/c1-2-3-4-5-10-9(6-7-11(10)15)8-12(16)14-13/h9-11,15H,2-8,13H2,1H3,(H,14,16)/t9-,10+,11+/m1/s1. The third kappa shape index (κ3) is 3.76. The van der Waals surface area contributed by atoms with Crippen molar-refractivity contribution < 1.29 is 9.90 Å². The smallest absolute Gasteiger partial charge is 0.234 e. The lowest BCUT2D eigenvalue weighted by Crippen LogP contribution is -2.33. The lowest BCUT2D eigenvalue weighted by Gasteiger charge is -2.21. The molecule has 94 valence electrons. The number of rotatable bonds is 6. The minimum atomic E-state index is -0.215. The van der Waals surface area contributed by atoms with Gasteiger partial charge >= 0.3 is 0 Å². The second kappa shape index (κ2) is 6.86. The van der Waals surface area contributed by atoms with Crippen LogP contribution in [0, 0.1) is 11.8 Å². The molecule has 0 radical (unpaired) electrons. The summed E-state index contributed by atoms with van der Waals surface area (Å²) in [4.78, 5) is 11.2. The fourth-order valence-electron chi connectivity index (χ4n) is 2.74. The molecule has 1 fully saturated rings. The first-order valence-electron chi connectivity index (χ1n) is 6.36. The van der Waals surface area contributed by atoms with Crippen LogP contribution < -0.4 is 11.3 Å². The summed E-state index contributed by atoms with van der Waals surface area (Å²) in [5, 5.41) is 9.88. The van der Waals surface area contributed by atoms with Crippen LogP contribution in [0.2, 0.25) is 0 Å². The highest BCUT2D eigenvalue weighted by Crippen LogP contribution is 2.37. The van der Waals surface area contributed by atoms with Gasteiger partial charge in [-0.05, 0) is 31.1 Å². The van der Waals surface area contributed by atoms with Crippen molar-refractivity contribution in [3.63, 3.8) is 0 Å². The molecule has 1 rings (SSSR count). The number of amides is 1. The molecule has 0 aromatic rings. The number of unbranched alkanes of at least 4 members (excludes halogenated alkanes) is 2. The predicted molar refractivity (Wildman–Crippen MR) is 63.3 cm³/mol. The maximum atomic E-state index is 11.2. The molecular weight excluding hydrogens is 204 g/mol. The summed E-state index contributed by atoms with van der Waals surface area (Å²) in [6, 6.07) is 0. The Kier molecular flexibility index (Phi) is 5.77. The van der Waals surface area contributed by atoms with Gasteiger partial charge in [-0.25, -0.2) is 5.84 Å². The molecule has 16 heavy (non-hydrogen) atoms. The molecule has 1 aliphatic rings. The number of hydrogen-bond donors (Lipinski definition) is 3. The highest BCUT2D eigenvalue weighted by Gasteiger charge is 2.35. The van der Waals surface area contributed by atoms with E-state index in [2.05, 4.69) is 12.3 Å². The zero-order valence-electron chi connectivity index (χ0n) is 10.1. The van der Waals surface area contributed by atoms with E-state index in [0.717, 1.165) is 25.7 Å². The van der Waals surface area contributed by atoms with Crippen LogP contribution in [0.1, 0.15) is 51.9 Å². The van der Waals surface area contributed by atoms with Crippen LogP contribution in [0.5, 0.6) is 0 Å². The van der Waals surface area contributed by atoms with E-state index in [1.807, 2.05) is 0 Å². The second-order valence-electron chi connectivity index (χ2n) is 4.84. The molecule has 0 saturated heterocycles. The maximum Gasteiger partial charge on any atom is 0.234 e. The van der Waals surface area contributed by atoms with Crippen molar-refractivity contribution in [2.75, 3.05) is 0 Å². The first kappa shape index (κ1) is 13.5. The summed E-state index contributed by atoms with van der Waals surface area (Å²) >= 11 is 0. The van der Waals surface area contributed by atoms with Crippen LogP contribution in [0.3, 0.4) is 0 Å². The Balaban J connectivity index is 2.39. The molecule has 1 saturated carbocycles. The van der Waals surface area contributed by atoms with E-state index in [1.165, 1.54) is 12.8 Å². The highest BCUT2D eigenvalue weighted by atomic mass is 16.3. The van der Waals surface area contributed by atoms with E-state index in [1.54, 1.807) is 0 Å². The molecule has 1 aliphatic carbocycles. The number of hydrazine groups is 1. The molecule has 4 nitrogen and oxygen atoms in total. The van der Waals surface area contributed by atoms with Gasteiger partial charge in [0.05, 0.1) is 6.10 Å². The lowest BCUT2D eigenvalue weighted by molar-refractivity contribution is -0.122. The summed E-state index contributed by atoms with van der Waals surface area (Å²) in [5.41, 5.74) is 2.17. The molecule has 4 N–H and O–H groups in total. The lowest BCUT2D eigenvalue weighted by atomic mass is 9.87. The average molecular weight is 228 g/mol. The van der Waals surface area contributed by atoms with Crippen molar-refractivity contribution >= 4 is 5.91 Å². The number of nitrogens with two attached hydrogens (primary N) is 1. The largest absolute Gasteiger partial charge is 0.393 e. The van der Waals surface area contributed by atoms with Gasteiger partial charge in [-0.2, -0.15) is 0 Å². The number of nitrogens with one attached hydrogen (secondary N) is 1. The van der Waals surface area contributed by atoms with Crippen LogP contribution in [-0.2, 0) is 4.79 Å². The van der Waals surface area contributed by atoms with Gasteiger partial charge < -0.3 is 5.11 Å². The van der Waals surface area contributed by atoms with Gasteiger partial charge in [0.1, 0.15) is 0 Å². The zero-order valence-corrected chi connectivity index (χ0v) is 10.1. The number of carbonyl (C=O) groups excluding carboxylic acids is 1. The number of aliphatic hydroxyl groups is 1. The predicted octanol–water partition coefficient (Wildman–Crippen LogP) is 1.33. The van der Waals surface area contributed by atoms with Gasteiger partial charge in [0.25, 0.3) is 0 Å². The Bertz CT molecular complexity index is 221. The minimum Gasteiger partial charge on any atom is -0.393 e. The van der Waals surface area contributed by atoms with Gasteiger partial charge in [0.15, 0.2) is 0 Å². The Hall–Kier alpha value is -0.610. The average Bonchev–Trinajstić information content (AvgIpc) is 2.61. The van der Waals surface area contributed by atoms with E-state index in [9.17, 15) is 9.90 Å². The van der Waals surface area contributed by atoms with Gasteiger partial charge in [0.2, 0.25) is 5.91 Å². The van der Waals surface area contributed by atoms with E-state index >= 15 is 0 Å². The Labute approximate surface area is 97.6 Å². The van der Waals surface area contributed by atoms with Gasteiger partial charge in [-0.3, -0.25) is 10.2 Å². The molecule has 0 aliphatic heterocycles. The fourth-order valence-corrected chi connectivity index (χ4v) is 2.74. The quantitative estimate of drug-likeness (QED) is 0.278. The van der Waals surface area contributed by atoms with Crippen molar-refractivity contribution in [3.05, 3.63) is 0 Å². The maximum absolute atomic E-state index is 11.2. The molecule has 0 aromatic carbocycles. The molecule has 0 aromatic heterocycles. The molecule has 0 unspecified atom stereocenters. The molecule has 1 amide bonds. The molecule has 0 heterocycles. The van der Waals surface area contributed by atoms with Crippen molar-refractivity contribution in [1.82, 2.24) is 5.43 Å². The van der Waals surface area contributed by atoms with Crippen molar-refractivity contribution in [2.24, 2.45) is 17.7 Å². The molecule has 0 bridgehead atoms. The summed E-state index contributed by atoms with van der Waals surface area (Å²) in [7, 11) is 0. The summed E-state index contributed by atoms with van der Waals surface area (Å²) in [6.07, 6.45) is 6.62. The van der Waals surface area contributed by atoms with E-state index in [4.69, 9.17) is 5.84 Å². The van der Waals surface area contributed by atoms with Gasteiger partial charge in [-0.1, -0.05) is 26.2 Å². The van der Waals surface area contributed by atoms with Gasteiger partial charge in [-0.15, -0.1) is 0 Å². The number of carbonyl (C=O) groups is 1. The van der Waals surface area contributed by atoms with Gasteiger partial charge in [0, 0.05) is 6.42 Å². The van der Waals surface area contributed by atoms with E-state index < -0.39 is 0 Å². The topological polar surface area (TPSA) is 75.4 Å². The van der Waals surface area contributed by atoms with Crippen molar-refractivity contribution in [1.29, 1.82) is 0 Å². The van der Waals surface area contributed by atoms with E-state index in [0.29, 0.717) is 18.3 Å². The normalized spacial score (nSPS) is 29.3. The van der Waals surface area contributed by atoms with Crippen LogP contribution in [-0.4, -0.2) is 17.1 Å². The second-order valence-corrected chi connectivity index (χ2v) is 4.84. The molecule has 0 spiro atoms. The minimum absolute atomic E-state index is 0.111. The summed E-state index contributed by atoms with van der Waals surface area (Å²) < 4.78 is 0. The Morgan fingerprint density at radius 3 is 2.81 bits per heavy atom. The SMILES string of the molecule is CCCCC[C@H]1[C@@H](CC(=O)NN)CC[C@@H]1O.